The zero-order chi connectivity index (χ0) is 20.5. The molecule has 0 bridgehead atoms. The first-order valence-electron chi connectivity index (χ1n) is 8.22. The number of sulfonamides is 1. The predicted octanol–water partition coefficient (Wildman–Crippen LogP) is 3.90. The summed E-state index contributed by atoms with van der Waals surface area (Å²) >= 11 is 1.23. The number of nitrogens with one attached hydrogen (secondary N) is 1. The molecular weight excluding hydrogens is 415 g/mol. The van der Waals surface area contributed by atoms with Gasteiger partial charge in [-0.05, 0) is 29.7 Å². The summed E-state index contributed by atoms with van der Waals surface area (Å²) in [6.07, 6.45) is 0.396. The standard InChI is InChI=1S/C18H18F3NO4S2/c1-25-13-8-5-9-14(26-2)17(13)27-15-10-11-6-3-4-7-12(11)16(15)22-28(23,24)18(19,20)21/h3-9,15-16,22H,10H2,1-2H3/t15-,16-/m0/s1. The molecule has 1 aliphatic rings. The third-order valence-corrected chi connectivity index (χ3v) is 6.98. The molecule has 0 amide bonds. The van der Waals surface area contributed by atoms with Gasteiger partial charge in [-0.15, -0.1) is 11.8 Å². The third-order valence-electron chi connectivity index (χ3n) is 4.42. The van der Waals surface area contributed by atoms with Crippen molar-refractivity contribution < 1.29 is 31.1 Å². The summed E-state index contributed by atoms with van der Waals surface area (Å²) in [6, 6.07) is 11.0. The number of rotatable bonds is 6. The van der Waals surface area contributed by atoms with Gasteiger partial charge in [-0.1, -0.05) is 30.3 Å². The van der Waals surface area contributed by atoms with Crippen molar-refractivity contribution in [2.75, 3.05) is 14.2 Å². The van der Waals surface area contributed by atoms with E-state index in [0.29, 0.717) is 28.4 Å². The van der Waals surface area contributed by atoms with Gasteiger partial charge in [0.1, 0.15) is 11.5 Å². The Morgan fingerprint density at radius 1 is 1.04 bits per heavy atom. The Balaban J connectivity index is 1.99. The fourth-order valence-corrected chi connectivity index (χ4v) is 5.42. The van der Waals surface area contributed by atoms with E-state index in [1.54, 1.807) is 42.5 Å². The van der Waals surface area contributed by atoms with Gasteiger partial charge < -0.3 is 9.47 Å². The largest absolute Gasteiger partial charge is 0.511 e. The third kappa shape index (κ3) is 3.94. The highest BCUT2D eigenvalue weighted by Crippen LogP contribution is 2.47. The highest BCUT2D eigenvalue weighted by atomic mass is 32.2. The number of methoxy groups -OCH3 is 2. The fraction of sp³-hybridized carbons (Fsp3) is 0.333. The maximum absolute atomic E-state index is 13.0. The predicted molar refractivity (Wildman–Crippen MR) is 100 cm³/mol. The summed E-state index contributed by atoms with van der Waals surface area (Å²) in [5.41, 5.74) is -4.06. The van der Waals surface area contributed by atoms with Crippen molar-refractivity contribution in [2.24, 2.45) is 0 Å². The van der Waals surface area contributed by atoms with Crippen molar-refractivity contribution in [3.05, 3.63) is 53.6 Å². The zero-order valence-corrected chi connectivity index (χ0v) is 16.6. The summed E-state index contributed by atoms with van der Waals surface area (Å²) in [4.78, 5) is 0.599. The van der Waals surface area contributed by atoms with Crippen LogP contribution in [-0.4, -0.2) is 33.4 Å². The van der Waals surface area contributed by atoms with E-state index in [1.165, 1.54) is 26.0 Å². The van der Waals surface area contributed by atoms with Crippen molar-refractivity contribution in [3.63, 3.8) is 0 Å². The second-order valence-corrected chi connectivity index (χ2v) is 9.05. The molecule has 0 saturated heterocycles. The maximum Gasteiger partial charge on any atom is 0.511 e. The number of hydrogen-bond donors (Lipinski definition) is 1. The Hall–Kier alpha value is -1.91. The lowest BCUT2D eigenvalue weighted by Crippen LogP contribution is -2.40. The maximum atomic E-state index is 13.0. The van der Waals surface area contributed by atoms with Crippen molar-refractivity contribution >= 4 is 21.8 Å². The number of thioether (sulfide) groups is 1. The lowest BCUT2D eigenvalue weighted by atomic mass is 10.1. The Bertz CT molecular complexity index is 941. The first-order valence-corrected chi connectivity index (χ1v) is 10.6. The minimum Gasteiger partial charge on any atom is -0.495 e. The van der Waals surface area contributed by atoms with Crippen LogP contribution in [0, 0.1) is 0 Å². The molecule has 28 heavy (non-hydrogen) atoms. The smallest absolute Gasteiger partial charge is 0.495 e. The first kappa shape index (κ1) is 20.8. The highest BCUT2D eigenvalue weighted by Gasteiger charge is 2.49. The molecule has 0 spiro atoms. The molecule has 0 heterocycles. The van der Waals surface area contributed by atoms with Crippen LogP contribution in [0.5, 0.6) is 11.5 Å². The molecule has 0 radical (unpaired) electrons. The Kier molecular flexibility index (Phi) is 5.83. The molecule has 0 aliphatic heterocycles. The van der Waals surface area contributed by atoms with Gasteiger partial charge in [0.15, 0.2) is 0 Å². The van der Waals surface area contributed by atoms with Crippen LogP contribution in [0.2, 0.25) is 0 Å². The summed E-state index contributed by atoms with van der Waals surface area (Å²) in [5.74, 6) is 0.996. The molecule has 1 N–H and O–H groups in total. The van der Waals surface area contributed by atoms with E-state index in [-0.39, 0.29) is 0 Å². The summed E-state index contributed by atoms with van der Waals surface area (Å²) in [7, 11) is -2.55. The fourth-order valence-electron chi connectivity index (χ4n) is 3.13. The lowest BCUT2D eigenvalue weighted by molar-refractivity contribution is -0.0450. The number of halogens is 3. The quantitative estimate of drug-likeness (QED) is 0.749. The molecule has 2 atom stereocenters. The van der Waals surface area contributed by atoms with Crippen LogP contribution < -0.4 is 14.2 Å². The summed E-state index contributed by atoms with van der Waals surface area (Å²) < 4.78 is 74.9. The summed E-state index contributed by atoms with van der Waals surface area (Å²) in [6.45, 7) is 0. The van der Waals surface area contributed by atoms with Gasteiger partial charge in [0.05, 0.1) is 25.2 Å². The lowest BCUT2D eigenvalue weighted by Gasteiger charge is -2.23. The van der Waals surface area contributed by atoms with E-state index >= 15 is 0 Å². The van der Waals surface area contributed by atoms with Gasteiger partial charge in [0, 0.05) is 5.25 Å². The second-order valence-electron chi connectivity index (χ2n) is 6.10. The van der Waals surface area contributed by atoms with Crippen LogP contribution in [0.3, 0.4) is 0 Å². The van der Waals surface area contributed by atoms with Crippen LogP contribution in [0.15, 0.2) is 47.4 Å². The van der Waals surface area contributed by atoms with Gasteiger partial charge in [-0.25, -0.2) is 8.42 Å². The second kappa shape index (κ2) is 7.84. The van der Waals surface area contributed by atoms with Gasteiger partial charge in [0.25, 0.3) is 0 Å². The first-order chi connectivity index (χ1) is 13.2. The van der Waals surface area contributed by atoms with Crippen molar-refractivity contribution in [2.45, 2.75) is 28.1 Å². The van der Waals surface area contributed by atoms with Crippen LogP contribution in [0.1, 0.15) is 17.2 Å². The molecular formula is C18H18F3NO4S2. The molecule has 2 aromatic carbocycles. The molecule has 0 saturated carbocycles. The number of alkyl halides is 3. The monoisotopic (exact) mass is 433 g/mol. The number of fused-ring (bicyclic) bond motifs is 1. The number of hydrogen-bond acceptors (Lipinski definition) is 5. The van der Waals surface area contributed by atoms with Gasteiger partial charge in [-0.2, -0.15) is 17.9 Å². The minimum absolute atomic E-state index is 0.396. The van der Waals surface area contributed by atoms with Crippen molar-refractivity contribution in [1.82, 2.24) is 4.72 Å². The van der Waals surface area contributed by atoms with Crippen molar-refractivity contribution in [1.29, 1.82) is 0 Å². The molecule has 0 aromatic heterocycles. The minimum atomic E-state index is -5.51. The molecule has 3 rings (SSSR count). The molecule has 10 heteroatoms. The van der Waals surface area contributed by atoms with Crippen molar-refractivity contribution in [3.8, 4) is 11.5 Å². The highest BCUT2D eigenvalue weighted by molar-refractivity contribution is 8.00. The summed E-state index contributed by atoms with van der Waals surface area (Å²) in [5, 5.41) is -0.514. The van der Waals surface area contributed by atoms with E-state index in [9.17, 15) is 21.6 Å². The normalized spacial score (nSPS) is 19.3. The molecule has 0 unspecified atom stereocenters. The van der Waals surface area contributed by atoms with Crippen LogP contribution >= 0.6 is 11.8 Å². The van der Waals surface area contributed by atoms with E-state index in [0.717, 1.165) is 5.56 Å². The van der Waals surface area contributed by atoms with Crippen LogP contribution in [0.4, 0.5) is 13.2 Å². The van der Waals surface area contributed by atoms with E-state index < -0.39 is 26.8 Å². The number of ether oxygens (including phenoxy) is 2. The molecule has 152 valence electrons. The Morgan fingerprint density at radius 2 is 1.64 bits per heavy atom. The number of benzene rings is 2. The van der Waals surface area contributed by atoms with E-state index in [4.69, 9.17) is 9.47 Å². The van der Waals surface area contributed by atoms with Crippen LogP contribution in [0.25, 0.3) is 0 Å². The average molecular weight is 433 g/mol. The topological polar surface area (TPSA) is 64.6 Å². The van der Waals surface area contributed by atoms with Gasteiger partial charge in [0.2, 0.25) is 0 Å². The molecule has 5 nitrogen and oxygen atoms in total. The van der Waals surface area contributed by atoms with Crippen LogP contribution in [-0.2, 0) is 16.4 Å². The van der Waals surface area contributed by atoms with E-state index in [2.05, 4.69) is 0 Å². The molecule has 1 aliphatic carbocycles. The average Bonchev–Trinajstić information content (AvgIpc) is 2.98. The SMILES string of the molecule is COc1cccc(OC)c1S[C@H]1Cc2ccccc2[C@@H]1NS(=O)(=O)C(F)(F)F. The molecule has 0 fully saturated rings. The Labute approximate surface area is 165 Å². The molecule has 2 aromatic rings. The zero-order valence-electron chi connectivity index (χ0n) is 15.0. The van der Waals surface area contributed by atoms with E-state index in [1.807, 2.05) is 4.72 Å². The Morgan fingerprint density at radius 3 is 2.21 bits per heavy atom. The van der Waals surface area contributed by atoms with Gasteiger partial charge in [-0.3, -0.25) is 0 Å². The van der Waals surface area contributed by atoms with Gasteiger partial charge >= 0.3 is 15.5 Å².